The van der Waals surface area contributed by atoms with Crippen molar-refractivity contribution in [2.75, 3.05) is 29.9 Å². The summed E-state index contributed by atoms with van der Waals surface area (Å²) in [6, 6.07) is 17.9. The van der Waals surface area contributed by atoms with Crippen molar-refractivity contribution in [3.8, 4) is 10.4 Å². The topological polar surface area (TPSA) is 73.5 Å². The van der Waals surface area contributed by atoms with Crippen molar-refractivity contribution in [1.82, 2.24) is 10.6 Å². The number of nitrogens with one attached hydrogen (secondary N) is 3. The van der Waals surface area contributed by atoms with Gasteiger partial charge in [0.2, 0.25) is 5.91 Å². The second-order valence-corrected chi connectivity index (χ2v) is 11.3. The number of benzene rings is 2. The van der Waals surface area contributed by atoms with Crippen molar-refractivity contribution in [3.63, 3.8) is 0 Å². The molecule has 1 unspecified atom stereocenters. The maximum absolute atomic E-state index is 13.5. The Balaban J connectivity index is 1.17. The van der Waals surface area contributed by atoms with Gasteiger partial charge in [-0.3, -0.25) is 10.1 Å². The molecule has 1 fully saturated rings. The maximum atomic E-state index is 13.5. The fourth-order valence-corrected chi connectivity index (χ4v) is 6.47. The van der Waals surface area contributed by atoms with E-state index in [1.165, 1.54) is 36.7 Å². The van der Waals surface area contributed by atoms with E-state index in [2.05, 4.69) is 20.9 Å². The third-order valence-corrected chi connectivity index (χ3v) is 8.58. The summed E-state index contributed by atoms with van der Waals surface area (Å²) < 4.78 is 13.5. The first-order valence-electron chi connectivity index (χ1n) is 13.6. The molecule has 0 spiro atoms. The lowest BCUT2D eigenvalue weighted by Gasteiger charge is -2.27. The first kappa shape index (κ1) is 26.2. The number of carbonyl (C=O) groups is 2. The summed E-state index contributed by atoms with van der Waals surface area (Å²) in [6.45, 7) is 1.92. The third-order valence-electron chi connectivity index (χ3n) is 7.53. The summed E-state index contributed by atoms with van der Waals surface area (Å²) in [6.07, 6.45) is 7.24. The summed E-state index contributed by atoms with van der Waals surface area (Å²) in [5, 5.41) is 9.65. The molecule has 1 aromatic heterocycles. The molecule has 3 N–H and O–H groups in total. The Labute approximate surface area is 227 Å². The van der Waals surface area contributed by atoms with E-state index >= 15 is 0 Å². The van der Waals surface area contributed by atoms with Gasteiger partial charge >= 0.3 is 6.03 Å². The molecule has 5 rings (SSSR count). The second kappa shape index (κ2) is 12.4. The van der Waals surface area contributed by atoms with Gasteiger partial charge in [-0.2, -0.15) is 0 Å². The predicted octanol–water partition coefficient (Wildman–Crippen LogP) is 6.19. The van der Waals surface area contributed by atoms with Gasteiger partial charge in [0.25, 0.3) is 0 Å². The molecular formula is C30H35FN4O2S. The lowest BCUT2D eigenvalue weighted by atomic mass is 9.84. The molecule has 2 heterocycles. The van der Waals surface area contributed by atoms with Gasteiger partial charge in [-0.15, -0.1) is 11.3 Å². The standard InChI is InChI=1S/C30H35FN4O2S/c31-24-11-12-26-23(20-24)15-17-35(26)18-16-32-29(36)25(19-21-7-3-1-4-8-21)33-30(37)34-28-14-13-27(38-28)22-9-5-2-6-10-22/h2,5-6,9-14,20-21,25H,1,3-4,7-8,15-19H2,(H,32,36)(H2,33,34,37). The van der Waals surface area contributed by atoms with Crippen LogP contribution in [-0.2, 0) is 11.2 Å². The monoisotopic (exact) mass is 534 g/mol. The van der Waals surface area contributed by atoms with Crippen LogP contribution in [0.25, 0.3) is 10.4 Å². The average molecular weight is 535 g/mol. The van der Waals surface area contributed by atoms with Crippen molar-refractivity contribution in [2.24, 2.45) is 5.92 Å². The van der Waals surface area contributed by atoms with Crippen molar-refractivity contribution in [2.45, 2.75) is 51.0 Å². The number of hydrogen-bond acceptors (Lipinski definition) is 4. The van der Waals surface area contributed by atoms with Crippen LogP contribution in [-0.4, -0.2) is 37.6 Å². The number of amides is 3. The molecule has 0 bridgehead atoms. The molecular weight excluding hydrogens is 499 g/mol. The number of halogens is 1. The lowest BCUT2D eigenvalue weighted by Crippen LogP contribution is -2.50. The van der Waals surface area contributed by atoms with Crippen LogP contribution in [0.5, 0.6) is 0 Å². The molecule has 6 nitrogen and oxygen atoms in total. The number of urea groups is 1. The molecule has 1 atom stereocenters. The van der Waals surface area contributed by atoms with Crippen molar-refractivity contribution in [3.05, 3.63) is 72.0 Å². The molecule has 2 aromatic carbocycles. The van der Waals surface area contributed by atoms with Gasteiger partial charge in [0.1, 0.15) is 11.9 Å². The maximum Gasteiger partial charge on any atom is 0.320 e. The molecule has 8 heteroatoms. The van der Waals surface area contributed by atoms with E-state index in [0.29, 0.717) is 25.4 Å². The smallest absolute Gasteiger partial charge is 0.320 e. The number of carbonyl (C=O) groups excluding carboxylic acids is 2. The Hall–Kier alpha value is -3.39. The molecule has 200 valence electrons. The minimum atomic E-state index is -0.591. The van der Waals surface area contributed by atoms with Crippen LogP contribution >= 0.6 is 11.3 Å². The Morgan fingerprint density at radius 3 is 2.66 bits per heavy atom. The van der Waals surface area contributed by atoms with E-state index in [1.54, 1.807) is 6.07 Å². The molecule has 3 aromatic rings. The zero-order chi connectivity index (χ0) is 26.3. The van der Waals surface area contributed by atoms with Gasteiger partial charge in [-0.1, -0.05) is 62.4 Å². The Bertz CT molecular complexity index is 1240. The number of thiophene rings is 1. The van der Waals surface area contributed by atoms with Crippen molar-refractivity contribution >= 4 is 34.0 Å². The van der Waals surface area contributed by atoms with Gasteiger partial charge in [-0.25, -0.2) is 9.18 Å². The molecule has 2 aliphatic rings. The van der Waals surface area contributed by atoms with Crippen molar-refractivity contribution < 1.29 is 14.0 Å². The summed E-state index contributed by atoms with van der Waals surface area (Å²) in [7, 11) is 0. The highest BCUT2D eigenvalue weighted by Crippen LogP contribution is 2.32. The molecule has 0 radical (unpaired) electrons. The highest BCUT2D eigenvalue weighted by molar-refractivity contribution is 7.19. The van der Waals surface area contributed by atoms with Crippen molar-refractivity contribution in [1.29, 1.82) is 0 Å². The first-order chi connectivity index (χ1) is 18.5. The van der Waals surface area contributed by atoms with Gasteiger partial charge in [0.05, 0.1) is 5.00 Å². The zero-order valence-corrected chi connectivity index (χ0v) is 22.4. The quantitative estimate of drug-likeness (QED) is 0.306. The fourth-order valence-electron chi connectivity index (χ4n) is 5.56. The van der Waals surface area contributed by atoms with Crippen LogP contribution in [0, 0.1) is 11.7 Å². The summed E-state index contributed by atoms with van der Waals surface area (Å²) in [4.78, 5) is 29.4. The van der Waals surface area contributed by atoms with E-state index < -0.39 is 6.04 Å². The molecule has 38 heavy (non-hydrogen) atoms. The van der Waals surface area contributed by atoms with Crippen LogP contribution in [0.4, 0.5) is 19.9 Å². The normalized spacial score (nSPS) is 16.1. The molecule has 1 aliphatic carbocycles. The predicted molar refractivity (Wildman–Crippen MR) is 152 cm³/mol. The summed E-state index contributed by atoms with van der Waals surface area (Å²) in [5.74, 6) is 0.0691. The molecule has 1 saturated carbocycles. The fraction of sp³-hybridized carbons (Fsp3) is 0.400. The summed E-state index contributed by atoms with van der Waals surface area (Å²) >= 11 is 1.51. The lowest BCUT2D eigenvalue weighted by molar-refractivity contribution is -0.123. The first-order valence-corrected chi connectivity index (χ1v) is 14.4. The van der Waals surface area contributed by atoms with Gasteiger partial charge in [0, 0.05) is 30.2 Å². The molecule has 0 saturated heterocycles. The Morgan fingerprint density at radius 2 is 1.84 bits per heavy atom. The van der Waals surface area contributed by atoms with Gasteiger partial charge in [0.15, 0.2) is 0 Å². The van der Waals surface area contributed by atoms with E-state index in [0.717, 1.165) is 52.5 Å². The highest BCUT2D eigenvalue weighted by atomic mass is 32.1. The van der Waals surface area contributed by atoms with Crippen LogP contribution in [0.15, 0.2) is 60.7 Å². The minimum absolute atomic E-state index is 0.152. The summed E-state index contributed by atoms with van der Waals surface area (Å²) in [5.41, 5.74) is 3.14. The zero-order valence-electron chi connectivity index (χ0n) is 21.5. The number of hydrogen-bond donors (Lipinski definition) is 3. The number of anilines is 2. The SMILES string of the molecule is O=C(Nc1ccc(-c2ccccc2)s1)NC(CC1CCCCC1)C(=O)NCCN1CCc2cc(F)ccc21. The Morgan fingerprint density at radius 1 is 1.03 bits per heavy atom. The van der Waals surface area contributed by atoms with Crippen LogP contribution in [0.1, 0.15) is 44.1 Å². The van der Waals surface area contributed by atoms with Crippen LogP contribution in [0.3, 0.4) is 0 Å². The van der Waals surface area contributed by atoms with Gasteiger partial charge < -0.3 is 15.5 Å². The largest absolute Gasteiger partial charge is 0.369 e. The number of rotatable bonds is 9. The van der Waals surface area contributed by atoms with E-state index in [1.807, 2.05) is 48.5 Å². The highest BCUT2D eigenvalue weighted by Gasteiger charge is 2.26. The molecule has 1 aliphatic heterocycles. The average Bonchev–Trinajstić information content (AvgIpc) is 3.56. The van der Waals surface area contributed by atoms with E-state index in [-0.39, 0.29) is 17.8 Å². The minimum Gasteiger partial charge on any atom is -0.369 e. The number of nitrogens with zero attached hydrogens (tertiary/aromatic N) is 1. The van der Waals surface area contributed by atoms with Gasteiger partial charge in [-0.05, 0) is 60.2 Å². The third kappa shape index (κ3) is 6.72. The van der Waals surface area contributed by atoms with Crippen LogP contribution < -0.4 is 20.9 Å². The second-order valence-electron chi connectivity index (χ2n) is 10.2. The molecule has 3 amide bonds. The Kier molecular flexibility index (Phi) is 8.58. The van der Waals surface area contributed by atoms with E-state index in [4.69, 9.17) is 0 Å². The van der Waals surface area contributed by atoms with Crippen LogP contribution in [0.2, 0.25) is 0 Å². The van der Waals surface area contributed by atoms with E-state index in [9.17, 15) is 14.0 Å². The number of fused-ring (bicyclic) bond motifs is 1.